The average molecular weight is 159 g/mol. The lowest BCUT2D eigenvalue weighted by molar-refractivity contribution is 0.773. The molecule has 0 fully saturated rings. The van der Waals surface area contributed by atoms with Crippen LogP contribution in [0.1, 0.15) is 18.9 Å². The van der Waals surface area contributed by atoms with Crippen molar-refractivity contribution in [1.82, 2.24) is 4.98 Å². The molecule has 1 aromatic heterocycles. The Hall–Kier alpha value is 0.0600. The molecule has 0 saturated heterocycles. The van der Waals surface area contributed by atoms with Gasteiger partial charge >= 0.3 is 0 Å². The monoisotopic (exact) mass is 159 g/mol. The zero-order valence-electron chi connectivity index (χ0n) is 5.59. The van der Waals surface area contributed by atoms with E-state index in [9.17, 15) is 0 Å². The number of aromatic nitrogens is 1. The van der Waals surface area contributed by atoms with Gasteiger partial charge in [0.15, 0.2) is 0 Å². The topological polar surface area (TPSA) is 12.9 Å². The molecule has 0 aliphatic heterocycles. The first-order valence-corrected chi connectivity index (χ1v) is 4.25. The van der Waals surface area contributed by atoms with E-state index in [2.05, 4.69) is 28.1 Å². The van der Waals surface area contributed by atoms with E-state index in [1.165, 1.54) is 5.01 Å². The van der Waals surface area contributed by atoms with Crippen LogP contribution in [0.4, 0.5) is 0 Å². The van der Waals surface area contributed by atoms with Crippen LogP contribution in [0.2, 0.25) is 0 Å². The molecule has 0 aliphatic rings. The predicted molar refractivity (Wildman–Crippen MR) is 44.9 cm³/mol. The summed E-state index contributed by atoms with van der Waals surface area (Å²) in [5, 5.41) is 3.32. The highest BCUT2D eigenvalue weighted by Gasteiger charge is 2.15. The highest BCUT2D eigenvalue weighted by Crippen LogP contribution is 2.30. The summed E-state index contributed by atoms with van der Waals surface area (Å²) in [7, 11) is 2.77. The quantitative estimate of drug-likeness (QED) is 0.573. The summed E-state index contributed by atoms with van der Waals surface area (Å²) in [6, 6.07) is 0. The molecule has 0 bridgehead atoms. The number of nitrogens with zero attached hydrogens (tertiary/aromatic N) is 1. The van der Waals surface area contributed by atoms with Crippen LogP contribution in [0.15, 0.2) is 11.6 Å². The van der Waals surface area contributed by atoms with E-state index >= 15 is 0 Å². The van der Waals surface area contributed by atoms with E-state index in [1.54, 1.807) is 11.3 Å². The third-order valence-corrected chi connectivity index (χ3v) is 2.58. The van der Waals surface area contributed by atoms with Crippen LogP contribution in [0, 0.1) is 0 Å². The van der Waals surface area contributed by atoms with Gasteiger partial charge in [-0.3, -0.25) is 0 Å². The summed E-state index contributed by atoms with van der Waals surface area (Å²) in [6.45, 7) is 4.27. The van der Waals surface area contributed by atoms with Crippen molar-refractivity contribution in [1.29, 1.82) is 0 Å². The van der Waals surface area contributed by atoms with Gasteiger partial charge in [0.1, 0.15) is 5.01 Å². The molecule has 0 spiro atoms. The fourth-order valence-corrected chi connectivity index (χ4v) is 1.50. The molecule has 1 rings (SSSR count). The molecule has 1 unspecified atom stereocenters. The van der Waals surface area contributed by atoms with Crippen molar-refractivity contribution in [2.75, 3.05) is 0 Å². The SMILES string of the molecule is CC(C)(P)c1nccs1. The first-order valence-electron chi connectivity index (χ1n) is 2.79. The molecular formula is C6H10NPS. The van der Waals surface area contributed by atoms with Crippen molar-refractivity contribution in [3.05, 3.63) is 16.6 Å². The Kier molecular flexibility index (Phi) is 1.88. The van der Waals surface area contributed by atoms with Gasteiger partial charge < -0.3 is 0 Å². The first-order chi connectivity index (χ1) is 4.11. The minimum Gasteiger partial charge on any atom is -0.249 e. The molecule has 50 valence electrons. The van der Waals surface area contributed by atoms with E-state index in [0.29, 0.717) is 0 Å². The lowest BCUT2D eigenvalue weighted by atomic mass is 10.2. The largest absolute Gasteiger partial charge is 0.249 e. The molecule has 0 N–H and O–H groups in total. The van der Waals surface area contributed by atoms with Gasteiger partial charge in [-0.15, -0.1) is 20.6 Å². The van der Waals surface area contributed by atoms with Gasteiger partial charge in [0.25, 0.3) is 0 Å². The van der Waals surface area contributed by atoms with E-state index in [4.69, 9.17) is 0 Å². The molecule has 1 heterocycles. The van der Waals surface area contributed by atoms with Crippen LogP contribution in [0.5, 0.6) is 0 Å². The van der Waals surface area contributed by atoms with Crippen molar-refractivity contribution in [2.45, 2.75) is 19.0 Å². The van der Waals surface area contributed by atoms with Crippen molar-refractivity contribution in [3.63, 3.8) is 0 Å². The second kappa shape index (κ2) is 2.36. The van der Waals surface area contributed by atoms with E-state index in [-0.39, 0.29) is 5.16 Å². The molecule has 0 radical (unpaired) electrons. The zero-order valence-corrected chi connectivity index (χ0v) is 7.56. The lowest BCUT2D eigenvalue weighted by Crippen LogP contribution is -2.04. The molecule has 9 heavy (non-hydrogen) atoms. The highest BCUT2D eigenvalue weighted by atomic mass is 32.1. The van der Waals surface area contributed by atoms with Gasteiger partial charge in [-0.05, 0) is 13.8 Å². The smallest absolute Gasteiger partial charge is 0.102 e. The molecule has 3 heteroatoms. The van der Waals surface area contributed by atoms with Gasteiger partial charge in [0.2, 0.25) is 0 Å². The van der Waals surface area contributed by atoms with Gasteiger partial charge in [-0.25, -0.2) is 4.98 Å². The van der Waals surface area contributed by atoms with E-state index < -0.39 is 0 Å². The van der Waals surface area contributed by atoms with Crippen LogP contribution >= 0.6 is 20.6 Å². The fraction of sp³-hybridized carbons (Fsp3) is 0.500. The summed E-state index contributed by atoms with van der Waals surface area (Å²) in [5.41, 5.74) is 0. The Bertz CT molecular complexity index is 175. The van der Waals surface area contributed by atoms with Crippen LogP contribution in [-0.2, 0) is 5.16 Å². The number of rotatable bonds is 1. The second-order valence-corrected chi connectivity index (χ2v) is 4.90. The third kappa shape index (κ3) is 1.74. The number of thiazole rings is 1. The maximum Gasteiger partial charge on any atom is 0.102 e. The maximum absolute atomic E-state index is 4.19. The van der Waals surface area contributed by atoms with Crippen LogP contribution in [0.3, 0.4) is 0 Å². The molecule has 0 saturated carbocycles. The Morgan fingerprint density at radius 2 is 2.33 bits per heavy atom. The summed E-state index contributed by atoms with van der Waals surface area (Å²) in [5.74, 6) is 0. The number of hydrogen-bond donors (Lipinski definition) is 0. The van der Waals surface area contributed by atoms with E-state index in [1.807, 2.05) is 11.6 Å². The molecule has 0 aromatic carbocycles. The maximum atomic E-state index is 4.19. The van der Waals surface area contributed by atoms with Crippen LogP contribution in [-0.4, -0.2) is 4.98 Å². The molecule has 0 amide bonds. The minimum absolute atomic E-state index is 0.147. The summed E-state index contributed by atoms with van der Waals surface area (Å²) in [4.78, 5) is 4.19. The number of hydrogen-bond acceptors (Lipinski definition) is 2. The van der Waals surface area contributed by atoms with Crippen LogP contribution in [0.25, 0.3) is 0 Å². The Labute approximate surface area is 61.7 Å². The molecule has 1 atom stereocenters. The highest BCUT2D eigenvalue weighted by molar-refractivity contribution is 7.20. The lowest BCUT2D eigenvalue weighted by Gasteiger charge is -2.12. The summed E-state index contributed by atoms with van der Waals surface area (Å²) >= 11 is 1.70. The average Bonchev–Trinajstić information content (AvgIpc) is 2.08. The first kappa shape index (κ1) is 7.17. The Balaban J connectivity index is 2.90. The third-order valence-electron chi connectivity index (χ3n) is 0.984. The Morgan fingerprint density at radius 1 is 1.67 bits per heavy atom. The van der Waals surface area contributed by atoms with Crippen molar-refractivity contribution in [2.24, 2.45) is 0 Å². The van der Waals surface area contributed by atoms with E-state index in [0.717, 1.165) is 0 Å². The molecular weight excluding hydrogens is 149 g/mol. The zero-order chi connectivity index (χ0) is 6.91. The fourth-order valence-electron chi connectivity index (χ4n) is 0.542. The standard InChI is InChI=1S/C6H10NPS/c1-6(2,8)5-7-3-4-9-5/h3-4H,8H2,1-2H3. The van der Waals surface area contributed by atoms with Gasteiger partial charge in [0.05, 0.1) is 0 Å². The molecule has 1 nitrogen and oxygen atoms in total. The second-order valence-electron chi connectivity index (χ2n) is 2.56. The normalized spacial score (nSPS) is 11.9. The van der Waals surface area contributed by atoms with Crippen molar-refractivity contribution >= 4 is 20.6 Å². The minimum atomic E-state index is 0.147. The Morgan fingerprint density at radius 3 is 2.56 bits per heavy atom. The molecule has 0 aliphatic carbocycles. The van der Waals surface area contributed by atoms with Gasteiger partial charge in [-0.2, -0.15) is 0 Å². The van der Waals surface area contributed by atoms with Gasteiger partial charge in [-0.1, -0.05) is 0 Å². The van der Waals surface area contributed by atoms with Crippen LogP contribution < -0.4 is 0 Å². The molecule has 1 aromatic rings. The van der Waals surface area contributed by atoms with Gasteiger partial charge in [0, 0.05) is 16.7 Å². The van der Waals surface area contributed by atoms with Crippen molar-refractivity contribution < 1.29 is 0 Å². The summed E-state index contributed by atoms with van der Waals surface area (Å²) in [6.07, 6.45) is 1.84. The predicted octanol–water partition coefficient (Wildman–Crippen LogP) is 2.25. The van der Waals surface area contributed by atoms with Crippen molar-refractivity contribution in [3.8, 4) is 0 Å². The summed E-state index contributed by atoms with van der Waals surface area (Å²) < 4.78 is 0.